The number of nitrogens with one attached hydrogen (secondary N) is 2. The normalized spacial score (nSPS) is 19.3. The minimum Gasteiger partial charge on any atom is -0.328 e. The Morgan fingerprint density at radius 2 is 1.98 bits per heavy atom. The van der Waals surface area contributed by atoms with Crippen molar-refractivity contribution in [1.82, 2.24) is 19.9 Å². The van der Waals surface area contributed by atoms with E-state index in [4.69, 9.17) is 4.84 Å². The van der Waals surface area contributed by atoms with Gasteiger partial charge in [0.2, 0.25) is 11.9 Å². The fraction of sp³-hybridized carbons (Fsp3) is 0.324. The number of aryl methyl sites for hydroxylation is 2. The zero-order valence-corrected chi connectivity index (χ0v) is 27.3. The van der Waals surface area contributed by atoms with E-state index in [1.807, 2.05) is 15.7 Å². The smallest absolute Gasteiger partial charge is 0.328 e. The minimum atomic E-state index is -4.61. The lowest BCUT2D eigenvalue weighted by molar-refractivity contribution is -0.438. The van der Waals surface area contributed by atoms with E-state index >= 15 is 0 Å². The fourth-order valence-corrected chi connectivity index (χ4v) is 7.10. The zero-order valence-electron chi connectivity index (χ0n) is 27.3. The van der Waals surface area contributed by atoms with E-state index in [-0.39, 0.29) is 22.4 Å². The summed E-state index contributed by atoms with van der Waals surface area (Å²) >= 11 is 0. The van der Waals surface area contributed by atoms with Crippen LogP contribution in [0.1, 0.15) is 52.1 Å². The van der Waals surface area contributed by atoms with Crippen molar-refractivity contribution in [2.75, 3.05) is 32.1 Å². The summed E-state index contributed by atoms with van der Waals surface area (Å²) in [5, 5.41) is 17.9. The standard InChI is InChI=1S/C37H34F3N7O3/c1-50-45-16-11-25(12-17-45)42-14-3-8-35(48)44-30-10-9-23(19-24(30)22-41)36(49)47-18-13-27-26(5-2-6-32(27)47)28-20-31-33(21-29(28)37(38,39)40)46-15-4-7-34(46)43-31/h2-3,5-6,8-10,13,18-21,25,32,42H,4,7,11-12,14-17H2,1H3/p+1/b8-3+. The van der Waals surface area contributed by atoms with Gasteiger partial charge >= 0.3 is 12.1 Å². The molecule has 1 saturated heterocycles. The third-order valence-corrected chi connectivity index (χ3v) is 9.63. The highest BCUT2D eigenvalue weighted by Crippen LogP contribution is 2.42. The molecule has 7 rings (SSSR count). The van der Waals surface area contributed by atoms with Gasteiger partial charge in [-0.25, -0.2) is 9.78 Å². The molecule has 0 bridgehead atoms. The lowest BCUT2D eigenvalue weighted by Gasteiger charge is -2.30. The molecule has 50 heavy (non-hydrogen) atoms. The molecule has 13 heteroatoms. The number of fused-ring (bicyclic) bond motifs is 4. The summed E-state index contributed by atoms with van der Waals surface area (Å²) in [5.41, 5.74) is 1.69. The number of rotatable bonds is 8. The Bertz CT molecular complexity index is 2080. The lowest BCUT2D eigenvalue weighted by Crippen LogP contribution is -2.42. The SMILES string of the molecule is CON1CCC(NC/C=C/C(=O)Nc2ccc(C(=O)[N+]3=CC=C4C(c5cc6nc7n(c6cc5C(F)(F)F)CCC7)=CC=CC43)cc2C#N)CC1. The first-order chi connectivity index (χ1) is 24.1. The van der Waals surface area contributed by atoms with Gasteiger partial charge in [-0.05, 0) is 66.8 Å². The van der Waals surface area contributed by atoms with Gasteiger partial charge in [0.1, 0.15) is 11.9 Å². The fourth-order valence-electron chi connectivity index (χ4n) is 7.10. The third-order valence-electron chi connectivity index (χ3n) is 9.63. The van der Waals surface area contributed by atoms with Crippen LogP contribution in [0.3, 0.4) is 0 Å². The number of aromatic nitrogens is 2. The molecule has 3 aliphatic heterocycles. The molecule has 0 radical (unpaired) electrons. The van der Waals surface area contributed by atoms with Crippen LogP contribution in [0.4, 0.5) is 18.9 Å². The van der Waals surface area contributed by atoms with Crippen LogP contribution in [0.25, 0.3) is 16.6 Å². The van der Waals surface area contributed by atoms with Gasteiger partial charge in [-0.1, -0.05) is 18.2 Å². The van der Waals surface area contributed by atoms with E-state index in [2.05, 4.69) is 15.6 Å². The van der Waals surface area contributed by atoms with Gasteiger partial charge in [0.15, 0.2) is 6.21 Å². The quantitative estimate of drug-likeness (QED) is 0.249. The molecule has 1 aliphatic carbocycles. The van der Waals surface area contributed by atoms with Crippen LogP contribution in [0.5, 0.6) is 0 Å². The summed E-state index contributed by atoms with van der Waals surface area (Å²) in [6, 6.07) is 8.83. The molecule has 0 saturated carbocycles. The highest BCUT2D eigenvalue weighted by Gasteiger charge is 2.41. The Morgan fingerprint density at radius 1 is 1.16 bits per heavy atom. The highest BCUT2D eigenvalue weighted by molar-refractivity contribution is 6.01. The molecule has 10 nitrogen and oxygen atoms in total. The van der Waals surface area contributed by atoms with Crippen molar-refractivity contribution in [1.29, 1.82) is 5.26 Å². The Hall–Kier alpha value is -5.16. The first-order valence-electron chi connectivity index (χ1n) is 16.6. The van der Waals surface area contributed by atoms with Crippen molar-refractivity contribution in [2.45, 2.75) is 50.5 Å². The molecule has 2 N–H and O–H groups in total. The Labute approximate surface area is 286 Å². The van der Waals surface area contributed by atoms with Crippen molar-refractivity contribution in [2.24, 2.45) is 0 Å². The van der Waals surface area contributed by atoms with Gasteiger partial charge in [-0.2, -0.15) is 28.1 Å². The third kappa shape index (κ3) is 6.45. The zero-order chi connectivity index (χ0) is 35.0. The van der Waals surface area contributed by atoms with Gasteiger partial charge in [-0.15, -0.1) is 0 Å². The lowest BCUT2D eigenvalue weighted by atomic mass is 9.86. The molecule has 1 aromatic heterocycles. The van der Waals surface area contributed by atoms with Crippen LogP contribution < -0.4 is 10.6 Å². The minimum absolute atomic E-state index is 0.00849. The molecule has 4 aliphatic rings. The second kappa shape index (κ2) is 13.6. The molecule has 4 heterocycles. The number of nitriles is 1. The van der Waals surface area contributed by atoms with Gasteiger partial charge < -0.3 is 20.0 Å². The predicted octanol–water partition coefficient (Wildman–Crippen LogP) is 5.17. The van der Waals surface area contributed by atoms with Crippen molar-refractivity contribution in [3.8, 4) is 6.07 Å². The number of nitrogens with zero attached hydrogens (tertiary/aromatic N) is 5. The number of halogens is 3. The number of allylic oxidation sites excluding steroid dienone is 3. The molecule has 2 amide bonds. The van der Waals surface area contributed by atoms with Gasteiger partial charge in [0, 0.05) is 56.4 Å². The van der Waals surface area contributed by atoms with Crippen LogP contribution in [0.2, 0.25) is 0 Å². The summed E-state index contributed by atoms with van der Waals surface area (Å²) in [6.07, 6.45) is 10.2. The maximum absolute atomic E-state index is 14.5. The molecule has 0 spiro atoms. The summed E-state index contributed by atoms with van der Waals surface area (Å²) in [7, 11) is 1.66. The van der Waals surface area contributed by atoms with Crippen molar-refractivity contribution in [3.63, 3.8) is 0 Å². The van der Waals surface area contributed by atoms with Crippen LogP contribution in [-0.2, 0) is 28.8 Å². The van der Waals surface area contributed by atoms with Crippen LogP contribution in [-0.4, -0.2) is 76.0 Å². The monoisotopic (exact) mass is 682 g/mol. The average molecular weight is 683 g/mol. The van der Waals surface area contributed by atoms with Crippen LogP contribution >= 0.6 is 0 Å². The van der Waals surface area contributed by atoms with E-state index in [0.29, 0.717) is 41.3 Å². The number of hydroxylamine groups is 2. The second-order valence-corrected chi connectivity index (χ2v) is 12.6. The second-order valence-electron chi connectivity index (χ2n) is 12.6. The summed E-state index contributed by atoms with van der Waals surface area (Å²) in [6.45, 7) is 2.82. The Morgan fingerprint density at radius 3 is 2.74 bits per heavy atom. The number of hydrogen-bond donors (Lipinski definition) is 2. The Kier molecular flexibility index (Phi) is 9.09. The Balaban J connectivity index is 1.04. The number of carbonyl (C=O) groups is 2. The van der Waals surface area contributed by atoms with Crippen LogP contribution in [0, 0.1) is 11.3 Å². The molecule has 256 valence electrons. The summed E-state index contributed by atoms with van der Waals surface area (Å²) < 4.78 is 46.7. The molecule has 1 atom stereocenters. The number of piperidine rings is 1. The number of carbonyl (C=O) groups excluding carboxylic acids is 2. The number of hydrogen-bond acceptors (Lipinski definition) is 7. The van der Waals surface area contributed by atoms with E-state index in [1.54, 1.807) is 43.7 Å². The highest BCUT2D eigenvalue weighted by atomic mass is 19.4. The van der Waals surface area contributed by atoms with Crippen molar-refractivity contribution < 1.29 is 32.2 Å². The van der Waals surface area contributed by atoms with Gasteiger partial charge in [0.25, 0.3) is 0 Å². The number of imidazole rings is 1. The van der Waals surface area contributed by atoms with Crippen molar-refractivity contribution in [3.05, 3.63) is 100 Å². The van der Waals surface area contributed by atoms with Gasteiger partial charge in [0.05, 0.1) is 40.5 Å². The molecule has 1 fully saturated rings. The number of alkyl halides is 3. The average Bonchev–Trinajstić information content (AvgIpc) is 3.84. The van der Waals surface area contributed by atoms with E-state index in [0.717, 1.165) is 44.6 Å². The number of anilines is 1. The number of amides is 2. The van der Waals surface area contributed by atoms with Gasteiger partial charge in [-0.3, -0.25) is 4.79 Å². The van der Waals surface area contributed by atoms with E-state index < -0.39 is 29.6 Å². The predicted molar refractivity (Wildman–Crippen MR) is 181 cm³/mol. The topological polar surface area (TPSA) is 115 Å². The molecular weight excluding hydrogens is 647 g/mol. The van der Waals surface area contributed by atoms with Crippen LogP contribution in [0.15, 0.2) is 72.4 Å². The van der Waals surface area contributed by atoms with E-state index in [1.165, 1.54) is 41.0 Å². The largest absolute Gasteiger partial charge is 0.420 e. The maximum Gasteiger partial charge on any atom is 0.420 e. The molecule has 1 unspecified atom stereocenters. The summed E-state index contributed by atoms with van der Waals surface area (Å²) in [5.74, 6) is -0.0745. The first kappa shape index (κ1) is 33.3. The number of benzene rings is 2. The molecular formula is C37H35F3N7O3+. The van der Waals surface area contributed by atoms with E-state index in [9.17, 15) is 28.0 Å². The molecule has 2 aromatic carbocycles. The first-order valence-corrected chi connectivity index (χ1v) is 16.6. The maximum atomic E-state index is 14.5. The summed E-state index contributed by atoms with van der Waals surface area (Å²) in [4.78, 5) is 36.2. The molecule has 3 aromatic rings. The van der Waals surface area contributed by atoms with Crippen molar-refractivity contribution >= 4 is 40.3 Å².